The van der Waals surface area contributed by atoms with Crippen molar-refractivity contribution in [3.8, 4) is 6.07 Å². The summed E-state index contributed by atoms with van der Waals surface area (Å²) in [4.78, 5) is 4.15. The predicted octanol–water partition coefficient (Wildman–Crippen LogP) is 2.99. The summed E-state index contributed by atoms with van der Waals surface area (Å²) in [6, 6.07) is 6.97. The minimum atomic E-state index is -3.65. The second kappa shape index (κ2) is 5.84. The molecule has 5 nitrogen and oxygen atoms in total. The van der Waals surface area contributed by atoms with E-state index in [0.29, 0.717) is 28.4 Å². The molecule has 1 heterocycles. The van der Waals surface area contributed by atoms with Gasteiger partial charge in [0.2, 0.25) is 0 Å². The van der Waals surface area contributed by atoms with E-state index >= 15 is 0 Å². The van der Waals surface area contributed by atoms with Gasteiger partial charge in [0.15, 0.2) is 4.21 Å². The molecule has 1 aromatic heterocycles. The largest absolute Gasteiger partial charge is 0.279 e. The monoisotopic (exact) mass is 321 g/mol. The van der Waals surface area contributed by atoms with Crippen molar-refractivity contribution < 1.29 is 8.42 Å². The topological polar surface area (TPSA) is 82.9 Å². The van der Waals surface area contributed by atoms with Crippen LogP contribution in [0.25, 0.3) is 0 Å². The molecular weight excluding hydrogens is 306 g/mol. The Morgan fingerprint density at radius 2 is 2.10 bits per heavy atom. The van der Waals surface area contributed by atoms with Gasteiger partial charge in [-0.05, 0) is 44.0 Å². The number of sulfonamides is 1. The SMILES string of the molecule is CCc1cc(C#N)ccc1NS(=O)(=O)c1sc(C)nc1C. The number of thiazole rings is 1. The van der Waals surface area contributed by atoms with Gasteiger partial charge in [0.25, 0.3) is 10.0 Å². The van der Waals surface area contributed by atoms with Crippen LogP contribution in [0.5, 0.6) is 0 Å². The van der Waals surface area contributed by atoms with E-state index in [1.807, 2.05) is 6.92 Å². The first-order valence-corrected chi connectivity index (χ1v) is 8.67. The molecule has 0 bridgehead atoms. The van der Waals surface area contributed by atoms with E-state index in [2.05, 4.69) is 15.8 Å². The van der Waals surface area contributed by atoms with Crippen LogP contribution in [0.2, 0.25) is 0 Å². The third-order valence-corrected chi connectivity index (χ3v) is 6.01. The number of benzene rings is 1. The Hall–Kier alpha value is -1.91. The van der Waals surface area contributed by atoms with Crippen molar-refractivity contribution in [2.45, 2.75) is 31.4 Å². The molecule has 7 heteroatoms. The highest BCUT2D eigenvalue weighted by Crippen LogP contribution is 2.27. The molecule has 1 N–H and O–H groups in total. The number of nitriles is 1. The van der Waals surface area contributed by atoms with Crippen molar-refractivity contribution in [2.75, 3.05) is 4.72 Å². The molecule has 0 atom stereocenters. The van der Waals surface area contributed by atoms with Crippen LogP contribution in [0.4, 0.5) is 5.69 Å². The molecule has 1 aromatic carbocycles. The second-order valence-corrected chi connectivity index (χ2v) is 7.63. The fourth-order valence-corrected chi connectivity index (χ4v) is 4.59. The van der Waals surface area contributed by atoms with Crippen LogP contribution in [-0.2, 0) is 16.4 Å². The molecule has 0 radical (unpaired) electrons. The summed E-state index contributed by atoms with van der Waals surface area (Å²) in [6.45, 7) is 5.36. The zero-order chi connectivity index (χ0) is 15.6. The Morgan fingerprint density at radius 3 is 2.62 bits per heavy atom. The van der Waals surface area contributed by atoms with Gasteiger partial charge in [-0.3, -0.25) is 4.72 Å². The van der Waals surface area contributed by atoms with E-state index in [9.17, 15) is 8.42 Å². The van der Waals surface area contributed by atoms with Crippen molar-refractivity contribution in [2.24, 2.45) is 0 Å². The van der Waals surface area contributed by atoms with Gasteiger partial charge in [-0.2, -0.15) is 5.26 Å². The highest BCUT2D eigenvalue weighted by Gasteiger charge is 2.21. The number of aryl methyl sites for hydroxylation is 3. The average molecular weight is 321 g/mol. The van der Waals surface area contributed by atoms with Gasteiger partial charge >= 0.3 is 0 Å². The fourth-order valence-electron chi connectivity index (χ4n) is 2.01. The number of hydrogen-bond acceptors (Lipinski definition) is 5. The third kappa shape index (κ3) is 3.23. The smallest absolute Gasteiger partial charge is 0.273 e. The number of rotatable bonds is 4. The van der Waals surface area contributed by atoms with Crippen LogP contribution in [0, 0.1) is 25.2 Å². The van der Waals surface area contributed by atoms with Crippen molar-refractivity contribution in [1.29, 1.82) is 5.26 Å². The van der Waals surface area contributed by atoms with Crippen molar-refractivity contribution >= 4 is 27.0 Å². The lowest BCUT2D eigenvalue weighted by Crippen LogP contribution is -2.14. The van der Waals surface area contributed by atoms with Crippen molar-refractivity contribution in [1.82, 2.24) is 4.98 Å². The minimum absolute atomic E-state index is 0.228. The Bertz CT molecular complexity index is 817. The van der Waals surface area contributed by atoms with Crippen LogP contribution in [-0.4, -0.2) is 13.4 Å². The van der Waals surface area contributed by atoms with E-state index in [1.54, 1.807) is 32.0 Å². The first-order valence-electron chi connectivity index (χ1n) is 6.37. The standard InChI is InChI=1S/C14H15N3O2S2/c1-4-12-7-11(8-15)5-6-13(12)17-21(18,19)14-9(2)16-10(3)20-14/h5-7,17H,4H2,1-3H3. The summed E-state index contributed by atoms with van der Waals surface area (Å²) in [5.41, 5.74) is 2.30. The van der Waals surface area contributed by atoms with Crippen LogP contribution in [0.1, 0.15) is 28.8 Å². The van der Waals surface area contributed by atoms with Gasteiger partial charge in [0, 0.05) is 0 Å². The maximum atomic E-state index is 12.5. The molecule has 0 spiro atoms. The summed E-state index contributed by atoms with van der Waals surface area (Å²) >= 11 is 1.15. The molecule has 0 amide bonds. The average Bonchev–Trinajstić information content (AvgIpc) is 2.78. The Labute approximate surface area is 128 Å². The highest BCUT2D eigenvalue weighted by atomic mass is 32.2. The Balaban J connectivity index is 2.42. The first-order chi connectivity index (χ1) is 9.87. The van der Waals surface area contributed by atoms with E-state index in [1.165, 1.54) is 0 Å². The van der Waals surface area contributed by atoms with Crippen molar-refractivity contribution in [3.63, 3.8) is 0 Å². The van der Waals surface area contributed by atoms with E-state index in [4.69, 9.17) is 5.26 Å². The van der Waals surface area contributed by atoms with Crippen LogP contribution in [0.15, 0.2) is 22.4 Å². The summed E-state index contributed by atoms with van der Waals surface area (Å²) in [5, 5.41) is 9.61. The number of nitrogens with one attached hydrogen (secondary N) is 1. The molecule has 0 aliphatic heterocycles. The number of aromatic nitrogens is 1. The van der Waals surface area contributed by atoms with Gasteiger partial charge in [0.1, 0.15) is 0 Å². The lowest BCUT2D eigenvalue weighted by molar-refractivity contribution is 0.602. The molecule has 0 aliphatic rings. The van der Waals surface area contributed by atoms with E-state index in [0.717, 1.165) is 16.9 Å². The fraction of sp³-hybridized carbons (Fsp3) is 0.286. The van der Waals surface area contributed by atoms with Crippen LogP contribution < -0.4 is 4.72 Å². The second-order valence-electron chi connectivity index (χ2n) is 4.55. The maximum Gasteiger partial charge on any atom is 0.273 e. The zero-order valence-corrected chi connectivity index (χ0v) is 13.6. The van der Waals surface area contributed by atoms with Crippen LogP contribution in [0.3, 0.4) is 0 Å². The highest BCUT2D eigenvalue weighted by molar-refractivity contribution is 7.94. The number of hydrogen-bond donors (Lipinski definition) is 1. The molecule has 21 heavy (non-hydrogen) atoms. The van der Waals surface area contributed by atoms with Gasteiger partial charge in [-0.1, -0.05) is 6.92 Å². The summed E-state index contributed by atoms with van der Waals surface area (Å²) in [7, 11) is -3.65. The van der Waals surface area contributed by atoms with E-state index < -0.39 is 10.0 Å². The number of anilines is 1. The first kappa shape index (κ1) is 15.5. The Morgan fingerprint density at radius 1 is 1.38 bits per heavy atom. The molecule has 0 aliphatic carbocycles. The van der Waals surface area contributed by atoms with Crippen molar-refractivity contribution in [3.05, 3.63) is 40.0 Å². The quantitative estimate of drug-likeness (QED) is 0.938. The van der Waals surface area contributed by atoms with E-state index in [-0.39, 0.29) is 4.21 Å². The molecule has 110 valence electrons. The summed E-state index contributed by atoms with van der Waals surface area (Å²) < 4.78 is 27.7. The molecule has 2 rings (SSSR count). The number of nitrogens with zero attached hydrogens (tertiary/aromatic N) is 2. The van der Waals surface area contributed by atoms with Gasteiger partial charge in [-0.25, -0.2) is 13.4 Å². The molecule has 0 saturated heterocycles. The van der Waals surface area contributed by atoms with Gasteiger partial charge in [-0.15, -0.1) is 11.3 Å². The maximum absolute atomic E-state index is 12.5. The molecule has 0 saturated carbocycles. The van der Waals surface area contributed by atoms with Gasteiger partial charge < -0.3 is 0 Å². The van der Waals surface area contributed by atoms with Gasteiger partial charge in [0.05, 0.1) is 28.0 Å². The van der Waals surface area contributed by atoms with Crippen LogP contribution >= 0.6 is 11.3 Å². The minimum Gasteiger partial charge on any atom is -0.279 e. The summed E-state index contributed by atoms with van der Waals surface area (Å²) in [5.74, 6) is 0. The molecule has 2 aromatic rings. The molecular formula is C14H15N3O2S2. The zero-order valence-electron chi connectivity index (χ0n) is 12.0. The lowest BCUT2D eigenvalue weighted by Gasteiger charge is -2.11. The third-order valence-electron chi connectivity index (χ3n) is 2.96. The summed E-state index contributed by atoms with van der Waals surface area (Å²) in [6.07, 6.45) is 0.633. The normalized spacial score (nSPS) is 11.1. The Kier molecular flexibility index (Phi) is 4.30. The molecule has 0 fully saturated rings. The predicted molar refractivity (Wildman–Crippen MR) is 82.9 cm³/mol. The lowest BCUT2D eigenvalue weighted by atomic mass is 10.1. The molecule has 0 unspecified atom stereocenters.